The molecule has 0 aromatic carbocycles. The fourth-order valence-corrected chi connectivity index (χ4v) is 2.46. The lowest BCUT2D eigenvalue weighted by Crippen LogP contribution is -2.06. The second-order valence-electron chi connectivity index (χ2n) is 3.51. The fourth-order valence-electron chi connectivity index (χ4n) is 1.11. The van der Waals surface area contributed by atoms with E-state index in [0.29, 0.717) is 26.4 Å². The van der Waals surface area contributed by atoms with Crippen LogP contribution in [0.1, 0.15) is 0 Å². The average Bonchev–Trinajstić information content (AvgIpc) is 2.43. The van der Waals surface area contributed by atoms with Gasteiger partial charge in [-0.15, -0.1) is 0 Å². The standard InChI is InChI=1S/C12H26O5S2/c13-1-3-15-5-9-18-11-7-17-8-12-19-10-6-16-4-2-14/h13-14H,1-12H2. The van der Waals surface area contributed by atoms with Crippen molar-refractivity contribution in [3.63, 3.8) is 0 Å². The number of aliphatic hydroxyl groups excluding tert-OH is 2. The molecule has 0 atom stereocenters. The first-order chi connectivity index (χ1) is 9.41. The van der Waals surface area contributed by atoms with Gasteiger partial charge in [0.2, 0.25) is 0 Å². The first kappa shape index (κ1) is 19.5. The summed E-state index contributed by atoms with van der Waals surface area (Å²) in [5.74, 6) is 3.85. The van der Waals surface area contributed by atoms with Gasteiger partial charge in [-0.2, -0.15) is 23.5 Å². The molecule has 0 aromatic heterocycles. The Kier molecular flexibility index (Phi) is 19.0. The summed E-state index contributed by atoms with van der Waals surface area (Å²) >= 11 is 3.60. The third-order valence-corrected chi connectivity index (χ3v) is 3.78. The number of hydrogen-bond donors (Lipinski definition) is 2. The third kappa shape index (κ3) is 18.5. The van der Waals surface area contributed by atoms with E-state index in [0.717, 1.165) is 36.2 Å². The summed E-state index contributed by atoms with van der Waals surface area (Å²) in [5.41, 5.74) is 0. The van der Waals surface area contributed by atoms with Crippen LogP contribution in [0, 0.1) is 0 Å². The molecule has 0 unspecified atom stereocenters. The van der Waals surface area contributed by atoms with Crippen LogP contribution < -0.4 is 0 Å². The van der Waals surface area contributed by atoms with Crippen molar-refractivity contribution in [3.05, 3.63) is 0 Å². The molecule has 0 rings (SSSR count). The molecule has 0 amide bonds. The van der Waals surface area contributed by atoms with Crippen LogP contribution in [0.3, 0.4) is 0 Å². The lowest BCUT2D eigenvalue weighted by atomic mass is 10.7. The molecule has 0 heterocycles. The molecule has 19 heavy (non-hydrogen) atoms. The quantitative estimate of drug-likeness (QED) is 0.402. The van der Waals surface area contributed by atoms with Gasteiger partial charge in [0, 0.05) is 23.0 Å². The molecule has 7 heteroatoms. The van der Waals surface area contributed by atoms with Gasteiger partial charge in [-0.05, 0) is 0 Å². The SMILES string of the molecule is OCCOCCSCCOCCSCCOCCO. The molecule has 5 nitrogen and oxygen atoms in total. The minimum atomic E-state index is 0.0937. The maximum Gasteiger partial charge on any atom is 0.0698 e. The molecular weight excluding hydrogens is 288 g/mol. The second-order valence-corrected chi connectivity index (χ2v) is 5.96. The largest absolute Gasteiger partial charge is 0.394 e. The van der Waals surface area contributed by atoms with Gasteiger partial charge in [0.05, 0.1) is 52.9 Å². The molecule has 0 saturated heterocycles. The van der Waals surface area contributed by atoms with Gasteiger partial charge in [0.15, 0.2) is 0 Å². The summed E-state index contributed by atoms with van der Waals surface area (Å²) in [6.07, 6.45) is 0. The Bertz CT molecular complexity index is 147. The van der Waals surface area contributed by atoms with Crippen LogP contribution in [-0.2, 0) is 14.2 Å². The van der Waals surface area contributed by atoms with Gasteiger partial charge in [0.25, 0.3) is 0 Å². The van der Waals surface area contributed by atoms with Crippen LogP contribution in [-0.4, -0.2) is 86.1 Å². The van der Waals surface area contributed by atoms with Gasteiger partial charge in [-0.3, -0.25) is 0 Å². The van der Waals surface area contributed by atoms with Crippen molar-refractivity contribution in [2.45, 2.75) is 0 Å². The Balaban J connectivity index is 2.88. The van der Waals surface area contributed by atoms with Crippen molar-refractivity contribution < 1.29 is 24.4 Å². The minimum absolute atomic E-state index is 0.0937. The highest BCUT2D eigenvalue weighted by Gasteiger charge is 1.93. The van der Waals surface area contributed by atoms with Crippen molar-refractivity contribution >= 4 is 23.5 Å². The molecule has 0 radical (unpaired) electrons. The molecule has 0 fully saturated rings. The zero-order valence-electron chi connectivity index (χ0n) is 11.4. The van der Waals surface area contributed by atoms with E-state index in [1.54, 1.807) is 23.5 Å². The highest BCUT2D eigenvalue weighted by atomic mass is 32.2. The number of thioether (sulfide) groups is 2. The Morgan fingerprint density at radius 3 is 1.16 bits per heavy atom. The van der Waals surface area contributed by atoms with Gasteiger partial charge >= 0.3 is 0 Å². The molecule has 0 spiro atoms. The number of rotatable bonds is 16. The second kappa shape index (κ2) is 18.5. The van der Waals surface area contributed by atoms with Crippen LogP contribution in [0.5, 0.6) is 0 Å². The van der Waals surface area contributed by atoms with Crippen molar-refractivity contribution in [2.24, 2.45) is 0 Å². The predicted octanol–water partition coefficient (Wildman–Crippen LogP) is 0.487. The van der Waals surface area contributed by atoms with Gasteiger partial charge in [-0.1, -0.05) is 0 Å². The lowest BCUT2D eigenvalue weighted by Gasteiger charge is -2.05. The summed E-state index contributed by atoms with van der Waals surface area (Å²) in [7, 11) is 0. The highest BCUT2D eigenvalue weighted by Crippen LogP contribution is 2.02. The first-order valence-electron chi connectivity index (χ1n) is 6.52. The molecule has 0 aromatic rings. The molecule has 0 aliphatic heterocycles. The molecule has 116 valence electrons. The average molecular weight is 314 g/mol. The van der Waals surface area contributed by atoms with Crippen LogP contribution in [0.2, 0.25) is 0 Å². The molecule has 0 saturated carbocycles. The Morgan fingerprint density at radius 2 is 0.842 bits per heavy atom. The maximum atomic E-state index is 8.50. The topological polar surface area (TPSA) is 68.2 Å². The molecule has 0 aliphatic carbocycles. The van der Waals surface area contributed by atoms with E-state index in [9.17, 15) is 0 Å². The molecule has 0 aliphatic rings. The van der Waals surface area contributed by atoms with Crippen LogP contribution >= 0.6 is 23.5 Å². The summed E-state index contributed by atoms with van der Waals surface area (Å²) in [4.78, 5) is 0. The third-order valence-electron chi connectivity index (χ3n) is 1.96. The lowest BCUT2D eigenvalue weighted by molar-refractivity contribution is 0.103. The van der Waals surface area contributed by atoms with E-state index in [1.165, 1.54) is 0 Å². The van der Waals surface area contributed by atoms with Crippen molar-refractivity contribution in [3.8, 4) is 0 Å². The molecule has 0 bridgehead atoms. The van der Waals surface area contributed by atoms with Crippen molar-refractivity contribution in [2.75, 3.05) is 75.9 Å². The predicted molar refractivity (Wildman–Crippen MR) is 81.3 cm³/mol. The Morgan fingerprint density at radius 1 is 0.526 bits per heavy atom. The summed E-state index contributed by atoms with van der Waals surface area (Å²) < 4.78 is 15.8. The van der Waals surface area contributed by atoms with Crippen LogP contribution in [0.4, 0.5) is 0 Å². The smallest absolute Gasteiger partial charge is 0.0698 e. The van der Waals surface area contributed by atoms with Crippen LogP contribution in [0.15, 0.2) is 0 Å². The zero-order valence-corrected chi connectivity index (χ0v) is 13.1. The van der Waals surface area contributed by atoms with E-state index >= 15 is 0 Å². The number of aliphatic hydroxyl groups is 2. The van der Waals surface area contributed by atoms with Crippen LogP contribution in [0.25, 0.3) is 0 Å². The van der Waals surface area contributed by atoms with Gasteiger partial charge in [-0.25, -0.2) is 0 Å². The monoisotopic (exact) mass is 314 g/mol. The zero-order chi connectivity index (χ0) is 14.0. The van der Waals surface area contributed by atoms with Gasteiger partial charge in [0.1, 0.15) is 0 Å². The van der Waals surface area contributed by atoms with Crippen molar-refractivity contribution in [1.29, 1.82) is 0 Å². The van der Waals surface area contributed by atoms with E-state index in [4.69, 9.17) is 24.4 Å². The fraction of sp³-hybridized carbons (Fsp3) is 1.00. The number of ether oxygens (including phenoxy) is 3. The van der Waals surface area contributed by atoms with E-state index < -0.39 is 0 Å². The molecule has 2 N–H and O–H groups in total. The summed E-state index contributed by atoms with van der Waals surface area (Å²) in [6, 6.07) is 0. The highest BCUT2D eigenvalue weighted by molar-refractivity contribution is 7.99. The maximum absolute atomic E-state index is 8.50. The minimum Gasteiger partial charge on any atom is -0.394 e. The first-order valence-corrected chi connectivity index (χ1v) is 8.83. The number of hydrogen-bond acceptors (Lipinski definition) is 7. The summed E-state index contributed by atoms with van der Waals surface area (Å²) in [5, 5.41) is 17.0. The van der Waals surface area contributed by atoms with Gasteiger partial charge < -0.3 is 24.4 Å². The van der Waals surface area contributed by atoms with Crippen molar-refractivity contribution in [1.82, 2.24) is 0 Å². The Hall–Kier alpha value is 0.500. The molecular formula is C12H26O5S2. The van der Waals surface area contributed by atoms with E-state index in [1.807, 2.05) is 0 Å². The normalized spacial score (nSPS) is 11.1. The Labute approximate surface area is 124 Å². The van der Waals surface area contributed by atoms with E-state index in [-0.39, 0.29) is 13.2 Å². The van der Waals surface area contributed by atoms with E-state index in [2.05, 4.69) is 0 Å². The summed E-state index contributed by atoms with van der Waals surface area (Å²) in [6.45, 7) is 3.96.